The lowest BCUT2D eigenvalue weighted by Gasteiger charge is -2.22. The van der Waals surface area contributed by atoms with Gasteiger partial charge in [0.25, 0.3) is 0 Å². The molecule has 5 unspecified atom stereocenters. The van der Waals surface area contributed by atoms with Crippen molar-refractivity contribution in [2.75, 3.05) is 13.7 Å². The lowest BCUT2D eigenvalue weighted by atomic mass is 9.82. The molecule has 0 aromatic rings. The molecule has 3 aliphatic rings. The second-order valence-electron chi connectivity index (χ2n) is 8.20. The number of carbonyl (C=O) groups excluding carboxylic acids is 1. The van der Waals surface area contributed by atoms with Crippen molar-refractivity contribution in [3.8, 4) is 0 Å². The molecule has 0 aromatic carbocycles. The van der Waals surface area contributed by atoms with E-state index in [1.165, 1.54) is 18.3 Å². The first-order valence-electron chi connectivity index (χ1n) is 9.61. The summed E-state index contributed by atoms with van der Waals surface area (Å²) in [6, 6.07) is 0. The molecule has 2 saturated heterocycles. The number of esters is 1. The molecule has 3 rings (SSSR count). The van der Waals surface area contributed by atoms with Crippen molar-refractivity contribution < 1.29 is 19.0 Å². The highest BCUT2D eigenvalue weighted by Gasteiger charge is 2.55. The number of carbonyl (C=O) groups is 1. The van der Waals surface area contributed by atoms with Crippen LogP contribution in [0.3, 0.4) is 0 Å². The van der Waals surface area contributed by atoms with Crippen molar-refractivity contribution in [2.24, 2.45) is 11.8 Å². The van der Waals surface area contributed by atoms with Crippen LogP contribution in [-0.4, -0.2) is 37.5 Å². The van der Waals surface area contributed by atoms with E-state index in [4.69, 9.17) is 14.2 Å². The van der Waals surface area contributed by atoms with Crippen LogP contribution < -0.4 is 0 Å². The summed E-state index contributed by atoms with van der Waals surface area (Å²) in [4.78, 5) is 12.2. The second kappa shape index (κ2) is 7.63. The molecule has 0 amide bonds. The number of epoxide rings is 1. The molecule has 2 aliphatic heterocycles. The molecule has 140 valence electrons. The molecule has 0 saturated carbocycles. The van der Waals surface area contributed by atoms with Gasteiger partial charge in [-0.15, -0.1) is 0 Å². The average molecular weight is 348 g/mol. The Morgan fingerprint density at radius 3 is 2.76 bits per heavy atom. The Hall–Kier alpha value is -1.13. The largest absolute Gasteiger partial charge is 0.469 e. The fourth-order valence-corrected chi connectivity index (χ4v) is 4.36. The second-order valence-corrected chi connectivity index (χ2v) is 8.20. The molecule has 4 heteroatoms. The molecule has 4 nitrogen and oxygen atoms in total. The highest BCUT2D eigenvalue weighted by molar-refractivity contribution is 5.73. The molecule has 0 spiro atoms. The van der Waals surface area contributed by atoms with Gasteiger partial charge in [-0.3, -0.25) is 4.79 Å². The van der Waals surface area contributed by atoms with E-state index in [9.17, 15) is 4.79 Å². The van der Waals surface area contributed by atoms with Gasteiger partial charge in [-0.1, -0.05) is 23.3 Å². The maximum atomic E-state index is 12.2. The van der Waals surface area contributed by atoms with Gasteiger partial charge in [0.2, 0.25) is 0 Å². The highest BCUT2D eigenvalue weighted by atomic mass is 16.6. The van der Waals surface area contributed by atoms with Crippen molar-refractivity contribution in [1.82, 2.24) is 0 Å². The Balaban J connectivity index is 1.78. The van der Waals surface area contributed by atoms with Crippen LogP contribution in [-0.2, 0) is 19.0 Å². The third-order valence-corrected chi connectivity index (χ3v) is 6.20. The van der Waals surface area contributed by atoms with Crippen molar-refractivity contribution in [2.45, 2.75) is 77.1 Å². The fourth-order valence-electron chi connectivity index (χ4n) is 4.36. The topological polar surface area (TPSA) is 48.1 Å². The van der Waals surface area contributed by atoms with Gasteiger partial charge in [0.05, 0.1) is 37.4 Å². The third kappa shape index (κ3) is 4.35. The van der Waals surface area contributed by atoms with E-state index < -0.39 is 0 Å². The molecule has 5 atom stereocenters. The standard InChI is InChI=1S/C21H32O4/c1-14-7-5-8-15(2)11-18-16(17(13-24-18)20(22)23-4)12-19-21(3,25-19)10-6-9-14/h8-9,16-19H,5-7,10-13H2,1-4H3/b14-9-,15-8-. The van der Waals surface area contributed by atoms with Gasteiger partial charge < -0.3 is 14.2 Å². The van der Waals surface area contributed by atoms with Gasteiger partial charge in [-0.05, 0) is 59.3 Å². The van der Waals surface area contributed by atoms with Crippen molar-refractivity contribution >= 4 is 5.97 Å². The van der Waals surface area contributed by atoms with Gasteiger partial charge >= 0.3 is 5.97 Å². The summed E-state index contributed by atoms with van der Waals surface area (Å²) in [7, 11) is 1.47. The van der Waals surface area contributed by atoms with Crippen LogP contribution >= 0.6 is 0 Å². The van der Waals surface area contributed by atoms with Crippen LogP contribution in [0.4, 0.5) is 0 Å². The molecule has 25 heavy (non-hydrogen) atoms. The first kappa shape index (κ1) is 18.7. The minimum atomic E-state index is -0.161. The molecule has 1 aliphatic carbocycles. The van der Waals surface area contributed by atoms with E-state index in [0.29, 0.717) is 6.61 Å². The highest BCUT2D eigenvalue weighted by Crippen LogP contribution is 2.47. The number of hydrogen-bond acceptors (Lipinski definition) is 4. The van der Waals surface area contributed by atoms with Gasteiger partial charge in [-0.25, -0.2) is 0 Å². The van der Waals surface area contributed by atoms with Crippen molar-refractivity contribution in [3.05, 3.63) is 23.3 Å². The normalized spacial score (nSPS) is 43.5. The molecule has 0 aromatic heterocycles. The first-order valence-corrected chi connectivity index (χ1v) is 9.61. The molecule has 0 bridgehead atoms. The predicted molar refractivity (Wildman–Crippen MR) is 97.2 cm³/mol. The molecular weight excluding hydrogens is 316 g/mol. The van der Waals surface area contributed by atoms with E-state index in [0.717, 1.165) is 38.5 Å². The van der Waals surface area contributed by atoms with Crippen LogP contribution in [0.25, 0.3) is 0 Å². The van der Waals surface area contributed by atoms with Crippen LogP contribution in [0.2, 0.25) is 0 Å². The average Bonchev–Trinajstić information content (AvgIpc) is 3.03. The zero-order chi connectivity index (χ0) is 18.0. The summed E-state index contributed by atoms with van der Waals surface area (Å²) in [5.74, 6) is -0.120. The predicted octanol–water partition coefficient (Wildman–Crippen LogP) is 4.19. The molecule has 2 heterocycles. The van der Waals surface area contributed by atoms with E-state index in [2.05, 4.69) is 32.9 Å². The van der Waals surface area contributed by atoms with E-state index >= 15 is 0 Å². The van der Waals surface area contributed by atoms with Crippen LogP contribution in [0.1, 0.15) is 59.3 Å². The Kier molecular flexibility index (Phi) is 5.69. The maximum Gasteiger partial charge on any atom is 0.311 e. The van der Waals surface area contributed by atoms with Crippen molar-refractivity contribution in [3.63, 3.8) is 0 Å². The lowest BCUT2D eigenvalue weighted by Crippen LogP contribution is -2.29. The van der Waals surface area contributed by atoms with E-state index in [-0.39, 0.29) is 35.6 Å². The Labute approximate surface area is 151 Å². The molecule has 0 radical (unpaired) electrons. The van der Waals surface area contributed by atoms with Crippen LogP contribution in [0.15, 0.2) is 23.3 Å². The summed E-state index contributed by atoms with van der Waals surface area (Å²) >= 11 is 0. The van der Waals surface area contributed by atoms with E-state index in [1.807, 2.05) is 0 Å². The summed E-state index contributed by atoms with van der Waals surface area (Å²) in [5, 5.41) is 0. The Morgan fingerprint density at radius 2 is 2.00 bits per heavy atom. The zero-order valence-electron chi connectivity index (χ0n) is 16.0. The summed E-state index contributed by atoms with van der Waals surface area (Å²) in [6.45, 7) is 7.07. The monoisotopic (exact) mass is 348 g/mol. The Bertz CT molecular complexity index is 564. The number of fused-ring (bicyclic) bond motifs is 2. The first-order chi connectivity index (χ1) is 11.9. The van der Waals surface area contributed by atoms with Gasteiger partial charge in [-0.2, -0.15) is 0 Å². The summed E-state index contributed by atoms with van der Waals surface area (Å²) in [5.41, 5.74) is 2.77. The summed E-state index contributed by atoms with van der Waals surface area (Å²) < 4.78 is 17.1. The minimum Gasteiger partial charge on any atom is -0.469 e. The third-order valence-electron chi connectivity index (χ3n) is 6.20. The fraction of sp³-hybridized carbons (Fsp3) is 0.762. The van der Waals surface area contributed by atoms with Crippen LogP contribution in [0, 0.1) is 11.8 Å². The Morgan fingerprint density at radius 1 is 1.24 bits per heavy atom. The number of methoxy groups -OCH3 is 1. The van der Waals surface area contributed by atoms with Gasteiger partial charge in [0.15, 0.2) is 0 Å². The zero-order valence-corrected chi connectivity index (χ0v) is 16.0. The SMILES string of the molecule is COC(=O)C1COC2C/C(C)=C\CC/C(C)=C\CCC3(C)OC3CC21. The molecule has 0 N–H and O–H groups in total. The smallest absolute Gasteiger partial charge is 0.311 e. The summed E-state index contributed by atoms with van der Waals surface area (Å²) in [6.07, 6.45) is 11.1. The number of allylic oxidation sites excluding steroid dienone is 3. The van der Waals surface area contributed by atoms with Crippen molar-refractivity contribution in [1.29, 1.82) is 0 Å². The van der Waals surface area contributed by atoms with Gasteiger partial charge in [0.1, 0.15) is 0 Å². The lowest BCUT2D eigenvalue weighted by molar-refractivity contribution is -0.146. The van der Waals surface area contributed by atoms with Crippen LogP contribution in [0.5, 0.6) is 0 Å². The minimum absolute atomic E-state index is 0.0421. The maximum absolute atomic E-state index is 12.2. The molecular formula is C21H32O4. The van der Waals surface area contributed by atoms with Gasteiger partial charge in [0, 0.05) is 5.92 Å². The number of ether oxygens (including phenoxy) is 3. The quantitative estimate of drug-likeness (QED) is 0.405. The van der Waals surface area contributed by atoms with E-state index in [1.54, 1.807) is 0 Å². The number of hydrogen-bond donors (Lipinski definition) is 0. The molecule has 2 fully saturated rings. The number of rotatable bonds is 1.